The number of rotatable bonds is 14. The van der Waals surface area contributed by atoms with Crippen LogP contribution in [0, 0.1) is 10.8 Å². The molecule has 0 aliphatic carbocycles. The van der Waals surface area contributed by atoms with Crippen molar-refractivity contribution < 1.29 is 18.0 Å². The van der Waals surface area contributed by atoms with Crippen molar-refractivity contribution in [2.45, 2.75) is 58.4 Å². The second kappa shape index (κ2) is 14.9. The summed E-state index contributed by atoms with van der Waals surface area (Å²) in [5.41, 5.74) is 3.21. The number of hydrogen-bond acceptors (Lipinski definition) is 6. The molecule has 0 aromatic heterocycles. The van der Waals surface area contributed by atoms with Gasteiger partial charge in [-0.15, -0.1) is 4.91 Å². The van der Waals surface area contributed by atoms with Gasteiger partial charge in [-0.1, -0.05) is 70.0 Å². The largest absolute Gasteiger partial charge is 0.354 e. The van der Waals surface area contributed by atoms with E-state index in [0.29, 0.717) is 5.69 Å². The quantitative estimate of drug-likeness (QED) is 0.184. The van der Waals surface area contributed by atoms with Crippen LogP contribution in [0.2, 0.25) is 0 Å². The molecule has 3 unspecified atom stereocenters. The van der Waals surface area contributed by atoms with Crippen LogP contribution >= 0.6 is 0 Å². The van der Waals surface area contributed by atoms with E-state index in [0.717, 1.165) is 42.5 Å². The Morgan fingerprint density at radius 3 is 2.40 bits per heavy atom. The number of carbonyl (C=O) groups excluding carboxylic acids is 2. The van der Waals surface area contributed by atoms with Gasteiger partial charge in [0.05, 0.1) is 17.5 Å². The molecule has 2 aromatic rings. The number of nitrogens with zero attached hydrogens (tertiary/aromatic N) is 3. The fourth-order valence-electron chi connectivity index (χ4n) is 5.72. The van der Waals surface area contributed by atoms with E-state index >= 15 is 0 Å². The fourth-order valence-corrected chi connectivity index (χ4v) is 6.88. The SMILES string of the molecule is C=C/C=C(\C=C/C)S(=O)(=O)Nc1ccc(C2C(C(CC)CCCC)c3ccc(C(=O)N=O)cc3N2CC(=O)N(C)C)cc1. The molecule has 1 N–H and O–H groups in total. The average Bonchev–Trinajstić information content (AvgIpc) is 3.30. The molecule has 0 bridgehead atoms. The minimum Gasteiger partial charge on any atom is -0.354 e. The molecule has 2 aromatic carbocycles. The van der Waals surface area contributed by atoms with Crippen molar-refractivity contribution in [3.05, 3.63) is 99.9 Å². The number of nitrogens with one attached hydrogen (secondary N) is 1. The Hall–Kier alpha value is -4.05. The highest BCUT2D eigenvalue weighted by molar-refractivity contribution is 7.96. The van der Waals surface area contributed by atoms with Gasteiger partial charge in [0.1, 0.15) is 0 Å². The molecule has 1 heterocycles. The summed E-state index contributed by atoms with van der Waals surface area (Å²) in [7, 11) is -0.447. The van der Waals surface area contributed by atoms with Crippen LogP contribution in [0.15, 0.2) is 83.4 Å². The van der Waals surface area contributed by atoms with Crippen LogP contribution in [0.3, 0.4) is 0 Å². The summed E-state index contributed by atoms with van der Waals surface area (Å²) in [4.78, 5) is 40.1. The van der Waals surface area contributed by atoms with Gasteiger partial charge < -0.3 is 9.80 Å². The molecule has 3 atom stereocenters. The van der Waals surface area contributed by atoms with Gasteiger partial charge in [-0.2, -0.15) is 0 Å². The molecular weight excluding hydrogens is 564 g/mol. The second-order valence-corrected chi connectivity index (χ2v) is 12.6. The van der Waals surface area contributed by atoms with Gasteiger partial charge in [-0.05, 0) is 66.8 Å². The lowest BCUT2D eigenvalue weighted by molar-refractivity contribution is -0.127. The predicted molar refractivity (Wildman–Crippen MR) is 173 cm³/mol. The Kier molecular flexibility index (Phi) is 11.6. The van der Waals surface area contributed by atoms with E-state index in [4.69, 9.17) is 0 Å². The molecule has 3 rings (SSSR count). The molecule has 1 aliphatic rings. The number of unbranched alkanes of at least 4 members (excludes halogenated alkanes) is 1. The maximum Gasteiger partial charge on any atom is 0.316 e. The van der Waals surface area contributed by atoms with E-state index in [-0.39, 0.29) is 40.8 Å². The molecule has 9 nitrogen and oxygen atoms in total. The van der Waals surface area contributed by atoms with Gasteiger partial charge in [0.15, 0.2) is 0 Å². The maximum atomic E-state index is 13.1. The number of carbonyl (C=O) groups is 2. The predicted octanol–water partition coefficient (Wildman–Crippen LogP) is 6.93. The first-order chi connectivity index (χ1) is 20.5. The van der Waals surface area contributed by atoms with Gasteiger partial charge in [0.25, 0.3) is 10.0 Å². The van der Waals surface area contributed by atoms with Crippen LogP contribution < -0.4 is 9.62 Å². The van der Waals surface area contributed by atoms with E-state index in [1.54, 1.807) is 51.4 Å². The topological polar surface area (TPSA) is 116 Å². The summed E-state index contributed by atoms with van der Waals surface area (Å²) in [6, 6.07) is 12.1. The summed E-state index contributed by atoms with van der Waals surface area (Å²) >= 11 is 0. The van der Waals surface area contributed by atoms with Crippen LogP contribution in [0.25, 0.3) is 0 Å². The number of sulfonamides is 1. The minimum atomic E-state index is -3.84. The van der Waals surface area contributed by atoms with Crippen LogP contribution in [0.1, 0.15) is 79.9 Å². The number of amides is 2. The third-order valence-electron chi connectivity index (χ3n) is 7.90. The number of benzene rings is 2. The third kappa shape index (κ3) is 7.67. The highest BCUT2D eigenvalue weighted by atomic mass is 32.2. The van der Waals surface area contributed by atoms with Crippen molar-refractivity contribution in [3.63, 3.8) is 0 Å². The lowest BCUT2D eigenvalue weighted by Gasteiger charge is -2.34. The Balaban J connectivity index is 2.15. The van der Waals surface area contributed by atoms with Gasteiger partial charge in [-0.3, -0.25) is 14.3 Å². The lowest BCUT2D eigenvalue weighted by atomic mass is 9.76. The van der Waals surface area contributed by atoms with Crippen molar-refractivity contribution >= 4 is 33.2 Å². The first kappa shape index (κ1) is 33.5. The summed E-state index contributed by atoms with van der Waals surface area (Å²) in [5.74, 6) is -0.703. The first-order valence-electron chi connectivity index (χ1n) is 14.6. The molecular formula is C33H42N4O5S. The van der Waals surface area contributed by atoms with Crippen molar-refractivity contribution in [3.8, 4) is 0 Å². The standard InChI is InChI=1S/C33H42N4O5S/c1-7-11-14-23(10-4)31-28-20-17-25(33(39)34-40)21-29(28)37(22-30(38)36(5)6)32(31)24-15-18-26(19-16-24)35-43(41,42)27(12-8-2)13-9-3/h8-9,12-13,15-21,23,31-32,35H,2,7,10-11,14,22H2,1,3-6H3/b13-9-,27-12+. The molecule has 10 heteroatoms. The van der Waals surface area contributed by atoms with Gasteiger partial charge in [0, 0.05) is 42.1 Å². The Morgan fingerprint density at radius 1 is 1.14 bits per heavy atom. The summed E-state index contributed by atoms with van der Waals surface area (Å²) in [6.45, 7) is 9.73. The van der Waals surface area contributed by atoms with Crippen LogP contribution in [-0.2, 0) is 14.8 Å². The number of likely N-dealkylation sites (N-methyl/N-ethyl adjacent to an activating group) is 1. The molecule has 230 valence electrons. The summed E-state index contributed by atoms with van der Waals surface area (Å²) in [6.07, 6.45) is 9.99. The van der Waals surface area contributed by atoms with Crippen molar-refractivity contribution in [2.24, 2.45) is 11.1 Å². The monoisotopic (exact) mass is 606 g/mol. The van der Waals surface area contributed by atoms with Crippen molar-refractivity contribution in [1.29, 1.82) is 0 Å². The molecule has 0 fully saturated rings. The van der Waals surface area contributed by atoms with Crippen LogP contribution in [0.5, 0.6) is 0 Å². The lowest BCUT2D eigenvalue weighted by Crippen LogP contribution is -2.38. The molecule has 1 aliphatic heterocycles. The van der Waals surface area contributed by atoms with Crippen LogP contribution in [0.4, 0.5) is 11.4 Å². The normalized spacial score (nSPS) is 17.4. The maximum absolute atomic E-state index is 13.1. The molecule has 0 spiro atoms. The zero-order valence-electron chi connectivity index (χ0n) is 25.6. The molecule has 43 heavy (non-hydrogen) atoms. The van der Waals surface area contributed by atoms with Crippen molar-refractivity contribution in [2.75, 3.05) is 30.3 Å². The highest BCUT2D eigenvalue weighted by Crippen LogP contribution is 2.54. The molecule has 2 amide bonds. The van der Waals surface area contributed by atoms with Crippen LogP contribution in [-0.4, -0.2) is 45.8 Å². The molecule has 0 radical (unpaired) electrons. The number of nitroso groups, excluding NO2 is 1. The smallest absolute Gasteiger partial charge is 0.316 e. The Labute approximate surface area is 255 Å². The first-order valence-corrected chi connectivity index (χ1v) is 16.1. The zero-order valence-corrected chi connectivity index (χ0v) is 26.4. The zero-order chi connectivity index (χ0) is 31.7. The average molecular weight is 607 g/mol. The molecule has 0 saturated heterocycles. The highest BCUT2D eigenvalue weighted by Gasteiger charge is 2.43. The van der Waals surface area contributed by atoms with E-state index < -0.39 is 15.9 Å². The van der Waals surface area contributed by atoms with E-state index in [1.165, 1.54) is 23.1 Å². The second-order valence-electron chi connectivity index (χ2n) is 10.9. The molecule has 0 saturated carbocycles. The number of anilines is 2. The minimum absolute atomic E-state index is 0.00536. The number of allylic oxidation sites excluding steroid dienone is 4. The van der Waals surface area contributed by atoms with Gasteiger partial charge in [-0.25, -0.2) is 8.42 Å². The fraction of sp³-hybridized carbons (Fsp3) is 0.394. The van der Waals surface area contributed by atoms with Gasteiger partial charge in [0.2, 0.25) is 5.91 Å². The van der Waals surface area contributed by atoms with E-state index in [1.807, 2.05) is 23.1 Å². The number of hydrogen-bond donors (Lipinski definition) is 1. The van der Waals surface area contributed by atoms with E-state index in [9.17, 15) is 22.9 Å². The Bertz CT molecular complexity index is 1500. The Morgan fingerprint density at radius 2 is 1.84 bits per heavy atom. The number of fused-ring (bicyclic) bond motifs is 1. The third-order valence-corrected chi connectivity index (χ3v) is 9.29. The summed E-state index contributed by atoms with van der Waals surface area (Å²) < 4.78 is 28.7. The van der Waals surface area contributed by atoms with E-state index in [2.05, 4.69) is 30.3 Å². The van der Waals surface area contributed by atoms with Crippen molar-refractivity contribution in [1.82, 2.24) is 4.90 Å². The summed E-state index contributed by atoms with van der Waals surface area (Å²) in [5, 5.41) is 2.61. The van der Waals surface area contributed by atoms with Gasteiger partial charge >= 0.3 is 5.91 Å².